The number of benzene rings is 2. The molecule has 0 aromatic heterocycles. The fraction of sp³-hybridized carbons (Fsp3) is 0.190. The second kappa shape index (κ2) is 11.0. The molecule has 0 bridgehead atoms. The number of para-hydroxylation sites is 1. The lowest BCUT2D eigenvalue weighted by Gasteiger charge is -2.07. The molecule has 0 saturated heterocycles. The van der Waals surface area contributed by atoms with Gasteiger partial charge in [-0.05, 0) is 43.3 Å². The second-order valence-corrected chi connectivity index (χ2v) is 5.46. The highest BCUT2D eigenvalue weighted by Crippen LogP contribution is 2.15. The van der Waals surface area contributed by atoms with Gasteiger partial charge in [-0.25, -0.2) is 5.43 Å². The maximum Gasteiger partial charge on any atom is 0.259 e. The molecule has 0 saturated carbocycles. The average molecular weight is 379 g/mol. The first-order valence-corrected chi connectivity index (χ1v) is 8.62. The molecule has 0 atom stereocenters. The van der Waals surface area contributed by atoms with Gasteiger partial charge in [0.05, 0.1) is 19.4 Å². The average Bonchev–Trinajstić information content (AvgIpc) is 2.72. The fourth-order valence-electron chi connectivity index (χ4n) is 2.18. The van der Waals surface area contributed by atoms with Crippen LogP contribution in [-0.4, -0.2) is 37.8 Å². The number of hydrazone groups is 1. The van der Waals surface area contributed by atoms with Crippen molar-refractivity contribution in [1.82, 2.24) is 10.7 Å². The highest BCUT2D eigenvalue weighted by Gasteiger charge is 2.08. The third-order valence-corrected chi connectivity index (χ3v) is 3.46. The minimum Gasteiger partial charge on any atom is -0.494 e. The van der Waals surface area contributed by atoms with Crippen LogP contribution in [0.3, 0.4) is 0 Å². The molecule has 2 N–H and O–H groups in total. The van der Waals surface area contributed by atoms with Crippen LogP contribution in [0.4, 0.5) is 0 Å². The van der Waals surface area contributed by atoms with Gasteiger partial charge in [0.1, 0.15) is 18.1 Å². The summed E-state index contributed by atoms with van der Waals surface area (Å²) in [6.07, 6.45) is 6.62. The molecule has 0 aliphatic carbocycles. The zero-order valence-electron chi connectivity index (χ0n) is 15.5. The molecular formula is C21H21N3O4. The van der Waals surface area contributed by atoms with Gasteiger partial charge in [0.25, 0.3) is 11.8 Å². The molecule has 0 fully saturated rings. The van der Waals surface area contributed by atoms with E-state index in [1.165, 1.54) is 6.21 Å². The van der Waals surface area contributed by atoms with E-state index >= 15 is 0 Å². The molecule has 7 heteroatoms. The molecular weight excluding hydrogens is 358 g/mol. The Labute approximate surface area is 163 Å². The van der Waals surface area contributed by atoms with Crippen LogP contribution >= 0.6 is 0 Å². The van der Waals surface area contributed by atoms with E-state index in [4.69, 9.17) is 15.9 Å². The van der Waals surface area contributed by atoms with E-state index in [1.807, 2.05) is 13.0 Å². The van der Waals surface area contributed by atoms with Gasteiger partial charge in [-0.3, -0.25) is 9.59 Å². The molecule has 0 spiro atoms. The number of hydrogen-bond donors (Lipinski definition) is 2. The SMILES string of the molecule is C#CCOc1ccccc1/C=N/NC(=O)CNC(=O)c1ccc(OCC)cc1. The molecule has 2 aromatic carbocycles. The van der Waals surface area contributed by atoms with Crippen LogP contribution in [0.25, 0.3) is 0 Å². The first kappa shape index (κ1) is 20.5. The Balaban J connectivity index is 1.82. The van der Waals surface area contributed by atoms with Crippen LogP contribution in [-0.2, 0) is 4.79 Å². The minimum atomic E-state index is -0.461. The summed E-state index contributed by atoms with van der Waals surface area (Å²) >= 11 is 0. The van der Waals surface area contributed by atoms with Gasteiger partial charge in [0.15, 0.2) is 0 Å². The molecule has 2 aromatic rings. The summed E-state index contributed by atoms with van der Waals surface area (Å²) in [5.41, 5.74) is 3.44. The van der Waals surface area contributed by atoms with Crippen molar-refractivity contribution in [2.45, 2.75) is 6.92 Å². The van der Waals surface area contributed by atoms with Crippen LogP contribution in [0.1, 0.15) is 22.8 Å². The van der Waals surface area contributed by atoms with Crippen molar-refractivity contribution in [2.24, 2.45) is 5.10 Å². The third kappa shape index (κ3) is 6.50. The Morgan fingerprint density at radius 1 is 1.14 bits per heavy atom. The van der Waals surface area contributed by atoms with Gasteiger partial charge in [-0.2, -0.15) is 5.10 Å². The molecule has 0 radical (unpaired) electrons. The number of hydrogen-bond acceptors (Lipinski definition) is 5. The summed E-state index contributed by atoms with van der Waals surface area (Å²) in [6.45, 7) is 2.35. The Morgan fingerprint density at radius 3 is 2.61 bits per heavy atom. The fourth-order valence-corrected chi connectivity index (χ4v) is 2.18. The minimum absolute atomic E-state index is 0.134. The van der Waals surface area contributed by atoms with Gasteiger partial charge in [0, 0.05) is 11.1 Å². The first-order valence-electron chi connectivity index (χ1n) is 8.62. The molecule has 0 unspecified atom stereocenters. The van der Waals surface area contributed by atoms with Gasteiger partial charge >= 0.3 is 0 Å². The molecule has 0 heterocycles. The molecule has 2 amide bonds. The summed E-state index contributed by atoms with van der Waals surface area (Å²) < 4.78 is 10.7. The lowest BCUT2D eigenvalue weighted by atomic mass is 10.2. The predicted octanol–water partition coefficient (Wildman–Crippen LogP) is 1.98. The molecule has 0 aliphatic heterocycles. The van der Waals surface area contributed by atoms with E-state index < -0.39 is 5.91 Å². The van der Waals surface area contributed by atoms with E-state index in [9.17, 15) is 9.59 Å². The number of terminal acetylenes is 1. The normalized spacial score (nSPS) is 10.1. The van der Waals surface area contributed by atoms with E-state index in [0.29, 0.717) is 29.2 Å². The van der Waals surface area contributed by atoms with E-state index in [0.717, 1.165) is 0 Å². The van der Waals surface area contributed by atoms with Gasteiger partial charge in [-0.1, -0.05) is 18.1 Å². The highest BCUT2D eigenvalue weighted by molar-refractivity contribution is 5.96. The quantitative estimate of drug-likeness (QED) is 0.396. The van der Waals surface area contributed by atoms with Crippen LogP contribution in [0.2, 0.25) is 0 Å². The van der Waals surface area contributed by atoms with Gasteiger partial charge < -0.3 is 14.8 Å². The largest absolute Gasteiger partial charge is 0.494 e. The standard InChI is InChI=1S/C21H21N3O4/c1-3-13-28-19-8-6-5-7-17(19)14-23-24-20(25)15-22-21(26)16-9-11-18(12-10-16)27-4-2/h1,5-12,14H,4,13,15H2,2H3,(H,22,26)(H,24,25)/b23-14+. The predicted molar refractivity (Wildman–Crippen MR) is 106 cm³/mol. The summed E-state index contributed by atoms with van der Waals surface area (Å²) in [5.74, 6) is 2.79. The number of carbonyl (C=O) groups excluding carboxylic acids is 2. The number of nitrogens with zero attached hydrogens (tertiary/aromatic N) is 1. The van der Waals surface area contributed by atoms with Gasteiger partial charge in [-0.15, -0.1) is 6.42 Å². The summed E-state index contributed by atoms with van der Waals surface area (Å²) in [6, 6.07) is 13.8. The van der Waals surface area contributed by atoms with Crippen molar-refractivity contribution in [3.8, 4) is 23.8 Å². The lowest BCUT2D eigenvalue weighted by molar-refractivity contribution is -0.120. The van der Waals surface area contributed by atoms with Crippen LogP contribution < -0.4 is 20.2 Å². The zero-order chi connectivity index (χ0) is 20.2. The third-order valence-electron chi connectivity index (χ3n) is 3.46. The Kier molecular flexibility index (Phi) is 8.09. The van der Waals surface area contributed by atoms with Crippen LogP contribution in [0.15, 0.2) is 53.6 Å². The lowest BCUT2D eigenvalue weighted by Crippen LogP contribution is -2.34. The Hall–Kier alpha value is -3.79. The monoisotopic (exact) mass is 379 g/mol. The first-order chi connectivity index (χ1) is 13.6. The van der Waals surface area contributed by atoms with Crippen LogP contribution in [0.5, 0.6) is 11.5 Å². The number of nitrogens with one attached hydrogen (secondary N) is 2. The number of amides is 2. The van der Waals surface area contributed by atoms with Crippen molar-refractivity contribution < 1.29 is 19.1 Å². The van der Waals surface area contributed by atoms with Crippen molar-refractivity contribution in [3.05, 3.63) is 59.7 Å². The maximum absolute atomic E-state index is 12.1. The maximum atomic E-state index is 12.1. The van der Waals surface area contributed by atoms with Crippen molar-refractivity contribution in [1.29, 1.82) is 0 Å². The molecule has 144 valence electrons. The summed E-state index contributed by atoms with van der Waals surface area (Å²) in [5, 5.41) is 6.39. The van der Waals surface area contributed by atoms with E-state index in [-0.39, 0.29) is 19.1 Å². The summed E-state index contributed by atoms with van der Waals surface area (Å²) in [4.78, 5) is 23.9. The Bertz CT molecular complexity index is 870. The number of ether oxygens (including phenoxy) is 2. The second-order valence-electron chi connectivity index (χ2n) is 5.46. The van der Waals surface area contributed by atoms with Crippen molar-refractivity contribution in [3.63, 3.8) is 0 Å². The van der Waals surface area contributed by atoms with Crippen molar-refractivity contribution >= 4 is 18.0 Å². The van der Waals surface area contributed by atoms with Gasteiger partial charge in [0.2, 0.25) is 0 Å². The van der Waals surface area contributed by atoms with E-state index in [1.54, 1.807) is 42.5 Å². The molecule has 0 aliphatic rings. The number of carbonyl (C=O) groups is 2. The number of rotatable bonds is 9. The van der Waals surface area contributed by atoms with E-state index in [2.05, 4.69) is 21.8 Å². The molecule has 28 heavy (non-hydrogen) atoms. The topological polar surface area (TPSA) is 89.0 Å². The smallest absolute Gasteiger partial charge is 0.259 e. The van der Waals surface area contributed by atoms with Crippen LogP contribution in [0, 0.1) is 12.3 Å². The molecule has 7 nitrogen and oxygen atoms in total. The highest BCUT2D eigenvalue weighted by atomic mass is 16.5. The van der Waals surface area contributed by atoms with Crippen molar-refractivity contribution in [2.75, 3.05) is 19.8 Å². The Morgan fingerprint density at radius 2 is 1.89 bits per heavy atom. The molecule has 2 rings (SSSR count). The summed E-state index contributed by atoms with van der Waals surface area (Å²) in [7, 11) is 0. The zero-order valence-corrected chi connectivity index (χ0v) is 15.5.